The molecule has 6 heteroatoms. The molecule has 1 aromatic carbocycles. The molecule has 0 aliphatic carbocycles. The molecule has 6 nitrogen and oxygen atoms in total. The maximum absolute atomic E-state index is 12.1. The van der Waals surface area contributed by atoms with Crippen LogP contribution in [0, 0.1) is 6.92 Å². The van der Waals surface area contributed by atoms with Crippen LogP contribution in [0.3, 0.4) is 0 Å². The number of benzene rings is 1. The lowest BCUT2D eigenvalue weighted by molar-refractivity contribution is -0.123. The molecule has 1 fully saturated rings. The summed E-state index contributed by atoms with van der Waals surface area (Å²) in [5.74, 6) is -0.0226. The van der Waals surface area contributed by atoms with Gasteiger partial charge < -0.3 is 10.4 Å². The van der Waals surface area contributed by atoms with Crippen molar-refractivity contribution in [3.05, 3.63) is 29.5 Å². The van der Waals surface area contributed by atoms with E-state index in [0.29, 0.717) is 19.6 Å². The van der Waals surface area contributed by atoms with Gasteiger partial charge >= 0.3 is 0 Å². The fourth-order valence-corrected chi connectivity index (χ4v) is 3.20. The third-order valence-corrected chi connectivity index (χ3v) is 4.38. The van der Waals surface area contributed by atoms with Gasteiger partial charge in [-0.2, -0.15) is 5.10 Å². The first kappa shape index (κ1) is 16.0. The topological polar surface area (TPSA) is 70.4 Å². The molecule has 124 valence electrons. The molecule has 1 aliphatic rings. The number of β-amino-alcohol motifs (C(OH)–C–C–N with tert-alkyl or cyclic N) is 1. The number of nitrogens with one attached hydrogen (secondary N) is 1. The van der Waals surface area contributed by atoms with Crippen molar-refractivity contribution in [1.29, 1.82) is 0 Å². The highest BCUT2D eigenvalue weighted by Gasteiger charge is 2.19. The van der Waals surface area contributed by atoms with E-state index in [9.17, 15) is 9.90 Å². The summed E-state index contributed by atoms with van der Waals surface area (Å²) in [6.45, 7) is 4.27. The van der Waals surface area contributed by atoms with Crippen LogP contribution in [-0.2, 0) is 18.4 Å². The number of carbonyl (C=O) groups is 1. The second-order valence-electron chi connectivity index (χ2n) is 6.40. The average molecular weight is 316 g/mol. The summed E-state index contributed by atoms with van der Waals surface area (Å²) in [5, 5.41) is 18.2. The lowest BCUT2D eigenvalue weighted by Crippen LogP contribution is -2.44. The van der Waals surface area contributed by atoms with Crippen LogP contribution in [0.5, 0.6) is 0 Å². The molecule has 0 spiro atoms. The monoisotopic (exact) mass is 316 g/mol. The first-order chi connectivity index (χ1) is 11.0. The number of aromatic nitrogens is 2. The number of aliphatic hydroxyl groups is 1. The minimum atomic E-state index is -0.306. The molecule has 1 aromatic heterocycles. The Hall–Kier alpha value is -1.92. The molecule has 1 atom stereocenters. The molecule has 3 rings (SSSR count). The Labute approximate surface area is 136 Å². The van der Waals surface area contributed by atoms with Gasteiger partial charge in [-0.05, 0) is 38.4 Å². The molecule has 2 aromatic rings. The van der Waals surface area contributed by atoms with Crippen LogP contribution in [0.4, 0.5) is 0 Å². The number of nitrogens with zero attached hydrogens (tertiary/aromatic N) is 3. The molecule has 2 heterocycles. The van der Waals surface area contributed by atoms with E-state index in [1.807, 2.05) is 16.6 Å². The molecule has 1 aliphatic heterocycles. The summed E-state index contributed by atoms with van der Waals surface area (Å²) in [5.41, 5.74) is 3.14. The summed E-state index contributed by atoms with van der Waals surface area (Å²) in [6, 6.07) is 6.22. The van der Waals surface area contributed by atoms with Gasteiger partial charge in [0.15, 0.2) is 0 Å². The number of hydrogen-bond acceptors (Lipinski definition) is 4. The van der Waals surface area contributed by atoms with E-state index in [1.54, 1.807) is 0 Å². The summed E-state index contributed by atoms with van der Waals surface area (Å²) in [6.07, 6.45) is 1.47. The zero-order valence-corrected chi connectivity index (χ0v) is 13.7. The standard InChI is InChI=1S/C17H24N4O2/c1-12-5-6-16-14(8-12)15(19-20(16)2)9-18-17(23)11-21-7-3-4-13(22)10-21/h5-6,8,13,22H,3-4,7,9-11H2,1-2H3,(H,18,23)/t13-/m1/s1. The van der Waals surface area contributed by atoms with Crippen LogP contribution in [0.15, 0.2) is 18.2 Å². The van der Waals surface area contributed by atoms with Crippen LogP contribution >= 0.6 is 0 Å². The van der Waals surface area contributed by atoms with E-state index in [4.69, 9.17) is 0 Å². The molecule has 23 heavy (non-hydrogen) atoms. The van der Waals surface area contributed by atoms with E-state index in [2.05, 4.69) is 35.5 Å². The summed E-state index contributed by atoms with van der Waals surface area (Å²) in [7, 11) is 1.91. The number of aliphatic hydroxyl groups excluding tert-OH is 1. The normalized spacial score (nSPS) is 19.2. The van der Waals surface area contributed by atoms with Gasteiger partial charge in [-0.3, -0.25) is 14.4 Å². The van der Waals surface area contributed by atoms with Crippen LogP contribution in [0.1, 0.15) is 24.1 Å². The number of aryl methyl sites for hydroxylation is 2. The lowest BCUT2D eigenvalue weighted by atomic mass is 10.1. The number of carbonyl (C=O) groups excluding carboxylic acids is 1. The van der Waals surface area contributed by atoms with Crippen molar-refractivity contribution in [1.82, 2.24) is 20.0 Å². The molecule has 1 saturated heterocycles. The Bertz CT molecular complexity index is 710. The van der Waals surface area contributed by atoms with Crippen molar-refractivity contribution in [2.75, 3.05) is 19.6 Å². The average Bonchev–Trinajstić information content (AvgIpc) is 2.81. The fourth-order valence-electron chi connectivity index (χ4n) is 3.20. The molecule has 2 N–H and O–H groups in total. The van der Waals surface area contributed by atoms with Gasteiger partial charge in [0.25, 0.3) is 0 Å². The highest BCUT2D eigenvalue weighted by Crippen LogP contribution is 2.19. The smallest absolute Gasteiger partial charge is 0.234 e. The van der Waals surface area contributed by atoms with Crippen molar-refractivity contribution in [3.8, 4) is 0 Å². The second kappa shape index (κ2) is 6.68. The highest BCUT2D eigenvalue weighted by atomic mass is 16.3. The predicted molar refractivity (Wildman–Crippen MR) is 89.0 cm³/mol. The fraction of sp³-hybridized carbons (Fsp3) is 0.529. The SMILES string of the molecule is Cc1ccc2c(c1)c(CNC(=O)CN1CCC[C@@H](O)C1)nn2C. The number of fused-ring (bicyclic) bond motifs is 1. The van der Waals surface area contributed by atoms with Crippen molar-refractivity contribution < 1.29 is 9.90 Å². The van der Waals surface area contributed by atoms with Crippen LogP contribution in [-0.4, -0.2) is 51.4 Å². The lowest BCUT2D eigenvalue weighted by Gasteiger charge is -2.29. The van der Waals surface area contributed by atoms with Gasteiger partial charge in [-0.25, -0.2) is 0 Å². The van der Waals surface area contributed by atoms with Crippen molar-refractivity contribution in [2.45, 2.75) is 32.4 Å². The molecule has 0 bridgehead atoms. The molecular formula is C17H24N4O2. The summed E-state index contributed by atoms with van der Waals surface area (Å²) in [4.78, 5) is 14.1. The zero-order valence-electron chi connectivity index (χ0n) is 13.7. The van der Waals surface area contributed by atoms with E-state index in [0.717, 1.165) is 36.0 Å². The molecule has 0 radical (unpaired) electrons. The van der Waals surface area contributed by atoms with Gasteiger partial charge in [0, 0.05) is 19.0 Å². The zero-order chi connectivity index (χ0) is 16.4. The van der Waals surface area contributed by atoms with Gasteiger partial charge in [-0.1, -0.05) is 11.6 Å². The Balaban J connectivity index is 1.62. The Kier molecular flexibility index (Phi) is 4.63. The predicted octanol–water partition coefficient (Wildman–Crippen LogP) is 0.955. The maximum Gasteiger partial charge on any atom is 0.234 e. The minimum Gasteiger partial charge on any atom is -0.392 e. The summed E-state index contributed by atoms with van der Waals surface area (Å²) < 4.78 is 1.84. The van der Waals surface area contributed by atoms with Crippen molar-refractivity contribution >= 4 is 16.8 Å². The number of piperidine rings is 1. The summed E-state index contributed by atoms with van der Waals surface area (Å²) >= 11 is 0. The number of likely N-dealkylation sites (tertiary alicyclic amines) is 1. The number of amides is 1. The van der Waals surface area contributed by atoms with E-state index in [-0.39, 0.29) is 12.0 Å². The quantitative estimate of drug-likeness (QED) is 0.881. The van der Waals surface area contributed by atoms with Gasteiger partial charge in [0.2, 0.25) is 5.91 Å². The number of hydrogen-bond donors (Lipinski definition) is 2. The minimum absolute atomic E-state index is 0.0226. The van der Waals surface area contributed by atoms with Gasteiger partial charge in [0.1, 0.15) is 0 Å². The van der Waals surface area contributed by atoms with Crippen LogP contribution in [0.2, 0.25) is 0 Å². The first-order valence-electron chi connectivity index (χ1n) is 8.12. The largest absolute Gasteiger partial charge is 0.392 e. The third-order valence-electron chi connectivity index (χ3n) is 4.38. The molecular weight excluding hydrogens is 292 g/mol. The van der Waals surface area contributed by atoms with Crippen LogP contribution in [0.25, 0.3) is 10.9 Å². The maximum atomic E-state index is 12.1. The van der Waals surface area contributed by atoms with E-state index >= 15 is 0 Å². The third kappa shape index (κ3) is 3.71. The number of rotatable bonds is 4. The second-order valence-corrected chi connectivity index (χ2v) is 6.40. The molecule has 0 unspecified atom stereocenters. The highest BCUT2D eigenvalue weighted by molar-refractivity contribution is 5.83. The van der Waals surface area contributed by atoms with Crippen molar-refractivity contribution in [2.24, 2.45) is 7.05 Å². The Morgan fingerprint density at radius 3 is 3.09 bits per heavy atom. The molecule has 1 amide bonds. The Morgan fingerprint density at radius 1 is 1.48 bits per heavy atom. The van der Waals surface area contributed by atoms with Crippen LogP contribution < -0.4 is 5.32 Å². The van der Waals surface area contributed by atoms with Gasteiger partial charge in [0.05, 0.1) is 30.4 Å². The van der Waals surface area contributed by atoms with E-state index in [1.165, 1.54) is 5.56 Å². The van der Waals surface area contributed by atoms with E-state index < -0.39 is 0 Å². The van der Waals surface area contributed by atoms with Gasteiger partial charge in [-0.15, -0.1) is 0 Å². The Morgan fingerprint density at radius 2 is 2.30 bits per heavy atom. The van der Waals surface area contributed by atoms with Crippen molar-refractivity contribution in [3.63, 3.8) is 0 Å². The molecule has 0 saturated carbocycles. The first-order valence-corrected chi connectivity index (χ1v) is 8.12.